The Morgan fingerprint density at radius 3 is 2.29 bits per heavy atom. The highest BCUT2D eigenvalue weighted by atomic mass is 19.1. The number of carbonyl (C=O) groups is 3. The number of halogens is 1. The molecule has 10 unspecified atom stereocenters. The highest BCUT2D eigenvalue weighted by Crippen LogP contribution is 2.72. The molecule has 0 N–H and O–H groups in total. The first-order valence-corrected chi connectivity index (χ1v) is 19.8. The lowest BCUT2D eigenvalue weighted by atomic mass is 9.38. The van der Waals surface area contributed by atoms with Crippen molar-refractivity contribution in [2.24, 2.45) is 51.8 Å². The first-order valence-electron chi connectivity index (χ1n) is 19.8. The fourth-order valence-electron chi connectivity index (χ4n) is 12.8. The van der Waals surface area contributed by atoms with Gasteiger partial charge in [-0.2, -0.15) is 0 Å². The van der Waals surface area contributed by atoms with Gasteiger partial charge in [0.05, 0.1) is 0 Å². The number of carbonyl (C=O) groups excluding carboxylic acids is 3. The van der Waals surface area contributed by atoms with Crippen LogP contribution in [0.2, 0.25) is 0 Å². The number of rotatable bonds is 12. The highest BCUT2D eigenvalue weighted by Gasteiger charge is 2.66. The number of hydrogen-bond acceptors (Lipinski definition) is 7. The maximum Gasteiger partial charge on any atom is 0.302 e. The van der Waals surface area contributed by atoms with Crippen molar-refractivity contribution in [2.75, 3.05) is 33.7 Å². The third kappa shape index (κ3) is 6.86. The van der Waals surface area contributed by atoms with Crippen molar-refractivity contribution in [1.82, 2.24) is 9.80 Å². The van der Waals surface area contributed by atoms with Gasteiger partial charge < -0.3 is 14.4 Å². The lowest BCUT2D eigenvalue weighted by molar-refractivity contribution is -0.189. The van der Waals surface area contributed by atoms with Crippen molar-refractivity contribution in [2.45, 2.75) is 118 Å². The van der Waals surface area contributed by atoms with E-state index in [1.165, 1.54) is 24.6 Å². The molecule has 0 aromatic heterocycles. The number of fused-ring (bicyclic) bond motifs is 7. The van der Waals surface area contributed by atoms with Gasteiger partial charge >= 0.3 is 5.97 Å². The number of hydrogen-bond donors (Lipinski definition) is 0. The van der Waals surface area contributed by atoms with Gasteiger partial charge in [-0.3, -0.25) is 19.3 Å². The van der Waals surface area contributed by atoms with Gasteiger partial charge in [0.15, 0.2) is 5.78 Å². The number of nitrogens with zero attached hydrogens (tertiary/aromatic N) is 2. The molecule has 5 aliphatic rings. The molecule has 7 nitrogen and oxygen atoms in total. The van der Waals surface area contributed by atoms with Crippen LogP contribution in [-0.4, -0.2) is 74.0 Å². The molecule has 51 heavy (non-hydrogen) atoms. The molecule has 0 aliphatic heterocycles. The largest absolute Gasteiger partial charge is 0.464 e. The highest BCUT2D eigenvalue weighted by molar-refractivity contribution is 6.00. The van der Waals surface area contributed by atoms with Gasteiger partial charge in [0.1, 0.15) is 18.0 Å². The van der Waals surface area contributed by atoms with Crippen LogP contribution < -0.4 is 0 Å². The number of ether oxygens (including phenoxy) is 2. The Bertz CT molecular complexity index is 1490. The summed E-state index contributed by atoms with van der Waals surface area (Å²) in [6, 6.07) is 6.68. The molecule has 0 amide bonds. The molecule has 4 saturated carbocycles. The number of esters is 1. The minimum absolute atomic E-state index is 0.0124. The van der Waals surface area contributed by atoms with Gasteiger partial charge in [0.25, 0.3) is 6.47 Å². The summed E-state index contributed by atoms with van der Waals surface area (Å²) < 4.78 is 25.9. The van der Waals surface area contributed by atoms with Gasteiger partial charge in [-0.15, -0.1) is 0 Å². The third-order valence-electron chi connectivity index (χ3n) is 14.9. The number of likely N-dealkylation sites (N-methyl/N-ethyl adjacent to an activating group) is 1. The standard InChI is InChI=1S/C43H63FN2O5/c1-27(2)39-35(49)23-43(38(51-29(4)48)25-46(22-21-45(7)8)24-30-9-11-31(44)12-10-30)20-16-34-32(40(39)43)13-14-37-41(5)19-17-36(50-26-47)28(3)33(41)15-18-42(34,37)6/h9-12,26-28,32-34,36-38H,13-25H2,1-8H3. The summed E-state index contributed by atoms with van der Waals surface area (Å²) in [6.07, 6.45) is 8.35. The van der Waals surface area contributed by atoms with E-state index >= 15 is 0 Å². The second-order valence-electron chi connectivity index (χ2n) is 18.2. The molecule has 5 aliphatic carbocycles. The van der Waals surface area contributed by atoms with Crippen LogP contribution in [0, 0.1) is 57.6 Å². The van der Waals surface area contributed by atoms with Crippen LogP contribution in [0.1, 0.15) is 105 Å². The summed E-state index contributed by atoms with van der Waals surface area (Å²) in [7, 11) is 4.11. The van der Waals surface area contributed by atoms with Crippen molar-refractivity contribution in [3.05, 3.63) is 46.8 Å². The molecule has 4 fully saturated rings. The smallest absolute Gasteiger partial charge is 0.302 e. The van der Waals surface area contributed by atoms with E-state index in [2.05, 4.69) is 58.5 Å². The molecule has 282 valence electrons. The predicted octanol–water partition coefficient (Wildman–Crippen LogP) is 7.86. The summed E-state index contributed by atoms with van der Waals surface area (Å²) in [6.45, 7) is 16.6. The molecule has 0 heterocycles. The molecule has 0 radical (unpaired) electrons. The van der Waals surface area contributed by atoms with Crippen molar-refractivity contribution < 1.29 is 28.2 Å². The van der Waals surface area contributed by atoms with Gasteiger partial charge in [-0.1, -0.05) is 46.8 Å². The fraction of sp³-hybridized carbons (Fsp3) is 0.744. The van der Waals surface area contributed by atoms with Crippen LogP contribution in [-0.2, 0) is 30.4 Å². The zero-order valence-electron chi connectivity index (χ0n) is 32.5. The molecule has 1 aromatic rings. The normalized spacial score (nSPS) is 36.7. The van der Waals surface area contributed by atoms with Gasteiger partial charge in [0.2, 0.25) is 0 Å². The van der Waals surface area contributed by atoms with E-state index in [1.807, 2.05) is 12.1 Å². The topological polar surface area (TPSA) is 76.2 Å². The molecule has 0 saturated heterocycles. The van der Waals surface area contributed by atoms with E-state index in [0.717, 1.165) is 75.6 Å². The average Bonchev–Trinajstić information content (AvgIpc) is 3.39. The van der Waals surface area contributed by atoms with Crippen molar-refractivity contribution in [3.8, 4) is 0 Å². The van der Waals surface area contributed by atoms with Crippen LogP contribution in [0.25, 0.3) is 0 Å². The van der Waals surface area contributed by atoms with Crippen molar-refractivity contribution >= 4 is 18.2 Å². The molecule has 6 rings (SSSR count). The Morgan fingerprint density at radius 1 is 0.980 bits per heavy atom. The van der Waals surface area contributed by atoms with Crippen LogP contribution in [0.4, 0.5) is 4.39 Å². The van der Waals surface area contributed by atoms with Crippen LogP contribution in [0.15, 0.2) is 35.4 Å². The average molecular weight is 707 g/mol. The Labute approximate surface area is 306 Å². The number of ketones is 1. The van der Waals surface area contributed by atoms with E-state index < -0.39 is 11.5 Å². The number of benzene rings is 1. The van der Waals surface area contributed by atoms with E-state index in [0.29, 0.717) is 55.6 Å². The Balaban J connectivity index is 1.35. The van der Waals surface area contributed by atoms with Gasteiger partial charge in [-0.05, 0) is 141 Å². The number of Topliss-reactive ketones (excluding diaryl/α,β-unsaturated/α-hetero) is 1. The van der Waals surface area contributed by atoms with E-state index in [-0.39, 0.29) is 40.4 Å². The van der Waals surface area contributed by atoms with Crippen molar-refractivity contribution in [1.29, 1.82) is 0 Å². The maximum absolute atomic E-state index is 14.3. The Morgan fingerprint density at radius 2 is 1.65 bits per heavy atom. The van der Waals surface area contributed by atoms with E-state index in [4.69, 9.17) is 9.47 Å². The van der Waals surface area contributed by atoms with Crippen LogP contribution in [0.5, 0.6) is 0 Å². The molecule has 0 spiro atoms. The second-order valence-corrected chi connectivity index (χ2v) is 18.2. The molecule has 1 aromatic carbocycles. The summed E-state index contributed by atoms with van der Waals surface area (Å²) in [5, 5.41) is 0. The van der Waals surface area contributed by atoms with Crippen LogP contribution in [0.3, 0.4) is 0 Å². The molecular weight excluding hydrogens is 643 g/mol. The van der Waals surface area contributed by atoms with Crippen molar-refractivity contribution in [3.63, 3.8) is 0 Å². The first-order chi connectivity index (χ1) is 24.1. The summed E-state index contributed by atoms with van der Waals surface area (Å²) in [5.41, 5.74) is 3.16. The predicted molar refractivity (Wildman–Crippen MR) is 197 cm³/mol. The summed E-state index contributed by atoms with van der Waals surface area (Å²) >= 11 is 0. The van der Waals surface area contributed by atoms with E-state index in [1.54, 1.807) is 0 Å². The quantitative estimate of drug-likeness (QED) is 0.162. The van der Waals surface area contributed by atoms with Gasteiger partial charge in [0, 0.05) is 44.9 Å². The third-order valence-corrected chi connectivity index (χ3v) is 14.9. The molecule has 8 heteroatoms. The van der Waals surface area contributed by atoms with Gasteiger partial charge in [-0.25, -0.2) is 4.39 Å². The second kappa shape index (κ2) is 14.7. The minimum Gasteiger partial charge on any atom is -0.464 e. The number of allylic oxidation sites excluding steroid dienone is 1. The molecular formula is C43H63FN2O5. The lowest BCUT2D eigenvalue weighted by Gasteiger charge is -2.67. The minimum atomic E-state index is -0.522. The molecule has 10 atom stereocenters. The first kappa shape index (κ1) is 38.2. The lowest BCUT2D eigenvalue weighted by Crippen LogP contribution is -2.61. The Kier molecular flexibility index (Phi) is 11.0. The zero-order chi connectivity index (χ0) is 36.9. The molecule has 0 bridgehead atoms. The van der Waals surface area contributed by atoms with Crippen LogP contribution >= 0.6 is 0 Å². The summed E-state index contributed by atoms with van der Waals surface area (Å²) in [4.78, 5) is 43.1. The van der Waals surface area contributed by atoms with E-state index in [9.17, 15) is 18.8 Å². The maximum atomic E-state index is 14.3. The monoisotopic (exact) mass is 706 g/mol. The fourth-order valence-corrected chi connectivity index (χ4v) is 12.8. The summed E-state index contributed by atoms with van der Waals surface area (Å²) in [5.74, 6) is 2.01. The zero-order valence-corrected chi connectivity index (χ0v) is 32.5. The SMILES string of the molecule is CC(=O)OC(CN(CCN(C)C)Cc1ccc(F)cc1)C12CCC3C(CCC4C3(C)CCC3C(C)C(OC=O)CCC34C)C1=C(C(C)C)C(=O)C2. The Hall–Kier alpha value is -2.58.